The Morgan fingerprint density at radius 3 is 2.51 bits per heavy atom. The van der Waals surface area contributed by atoms with E-state index in [1.54, 1.807) is 28.4 Å². The van der Waals surface area contributed by atoms with Gasteiger partial charge in [0.2, 0.25) is 0 Å². The van der Waals surface area contributed by atoms with Crippen molar-refractivity contribution in [2.24, 2.45) is 34.5 Å². The minimum atomic E-state index is -1.44. The molecule has 0 amide bonds. The highest BCUT2D eigenvalue weighted by Gasteiger charge is 2.91. The third-order valence-corrected chi connectivity index (χ3v) is 11.6. The Morgan fingerprint density at radius 1 is 1.17 bits per heavy atom. The lowest BCUT2D eigenvalue weighted by Crippen LogP contribution is -2.82. The second kappa shape index (κ2) is 7.62. The number of aliphatic hydroxyl groups is 2. The van der Waals surface area contributed by atoms with Gasteiger partial charge >= 0.3 is 5.97 Å². The van der Waals surface area contributed by atoms with Crippen molar-refractivity contribution in [3.8, 4) is 0 Å². The third kappa shape index (κ3) is 2.43. The highest BCUT2D eigenvalue weighted by atomic mass is 16.6. The highest BCUT2D eigenvalue weighted by Crippen LogP contribution is 2.80. The molecule has 5 aliphatic carbocycles. The lowest BCUT2D eigenvalue weighted by molar-refractivity contribution is -0.323. The molecule has 6 rings (SSSR count). The van der Waals surface area contributed by atoms with Gasteiger partial charge in [-0.15, -0.1) is 0 Å². The van der Waals surface area contributed by atoms with Gasteiger partial charge in [-0.05, 0) is 32.2 Å². The van der Waals surface area contributed by atoms with Crippen molar-refractivity contribution >= 4 is 5.97 Å². The van der Waals surface area contributed by atoms with Crippen LogP contribution in [-0.2, 0) is 28.5 Å². The van der Waals surface area contributed by atoms with Crippen LogP contribution in [0.25, 0.3) is 0 Å². The van der Waals surface area contributed by atoms with Gasteiger partial charge in [-0.1, -0.05) is 0 Å². The summed E-state index contributed by atoms with van der Waals surface area (Å²) < 4.78 is 30.6. The van der Waals surface area contributed by atoms with E-state index in [1.165, 1.54) is 6.92 Å². The number of methoxy groups -OCH3 is 4. The van der Waals surface area contributed by atoms with Crippen molar-refractivity contribution in [3.63, 3.8) is 0 Å². The maximum atomic E-state index is 13.2. The van der Waals surface area contributed by atoms with Gasteiger partial charge in [-0.3, -0.25) is 9.69 Å². The quantitative estimate of drug-likeness (QED) is 0.508. The Bertz CT molecular complexity index is 903. The number of rotatable bonds is 6. The predicted molar refractivity (Wildman–Crippen MR) is 123 cm³/mol. The van der Waals surface area contributed by atoms with Gasteiger partial charge in [0.25, 0.3) is 0 Å². The topological polar surface area (TPSA) is 107 Å². The lowest BCUT2D eigenvalue weighted by Gasteiger charge is -2.69. The smallest absolute Gasteiger partial charge is 0.302 e. The molecule has 198 valence electrons. The Kier molecular flexibility index (Phi) is 5.34. The maximum Gasteiger partial charge on any atom is 0.302 e. The van der Waals surface area contributed by atoms with Crippen LogP contribution in [-0.4, -0.2) is 111 Å². The molecule has 6 aliphatic rings. The van der Waals surface area contributed by atoms with Crippen LogP contribution >= 0.6 is 0 Å². The third-order valence-electron chi connectivity index (χ3n) is 11.6. The molecule has 0 aromatic carbocycles. The minimum Gasteiger partial charge on any atom is -0.462 e. The number of hydrogen-bond acceptors (Lipinski definition) is 9. The average Bonchev–Trinajstić information content (AvgIpc) is 3.19. The number of hydrogen-bond donors (Lipinski definition) is 2. The van der Waals surface area contributed by atoms with E-state index >= 15 is 0 Å². The predicted octanol–water partition coefficient (Wildman–Crippen LogP) is 0.452. The molecule has 9 heteroatoms. The Hall–Kier alpha value is -0.810. The maximum absolute atomic E-state index is 13.2. The molecule has 13 atom stereocenters. The largest absolute Gasteiger partial charge is 0.462 e. The van der Waals surface area contributed by atoms with E-state index in [0.29, 0.717) is 19.4 Å². The SMILES string of the molecule is COC[C@@]12CC[C@H](O)[C@@]34[C@@H]5C[C@H]6[C@H](OC(C)=O)[C@@H]5[C@](OC)(C[C@@H]6OC)[C@@](O)([C@@H](OC)[C@H]13)[C@H]4N(C)C2. The standard InChI is InChI=1S/C26H41NO8/c1-13(28)35-19-14-9-15-18(19)24(34-6,10-16(14)32-4)26(30)21(33-5)20-23(12-31-3)8-7-17(29)25(15,20)22(26)27(2)11-23/h14-22,29-30H,7-12H2,1-6H3/t14-,15-,16+,17+,18-,19+,20-,21+,22+,23+,24-,25+,26-/m1/s1. The lowest BCUT2D eigenvalue weighted by atomic mass is 9.42. The van der Waals surface area contributed by atoms with E-state index in [9.17, 15) is 15.0 Å². The molecule has 5 saturated carbocycles. The first-order valence-corrected chi connectivity index (χ1v) is 13.0. The molecule has 7 bridgehead atoms. The number of aliphatic hydroxyl groups excluding tert-OH is 1. The zero-order chi connectivity index (χ0) is 25.1. The Balaban J connectivity index is 1.66. The van der Waals surface area contributed by atoms with Gasteiger partial charge in [0.15, 0.2) is 0 Å². The summed E-state index contributed by atoms with van der Waals surface area (Å²) in [4.78, 5) is 14.6. The first kappa shape index (κ1) is 24.5. The fraction of sp³-hybridized carbons (Fsp3) is 0.962. The average molecular weight is 496 g/mol. The van der Waals surface area contributed by atoms with E-state index in [2.05, 4.69) is 11.9 Å². The number of likely N-dealkylation sites (N-methyl/N-ethyl adjacent to an activating group) is 1. The van der Waals surface area contributed by atoms with Gasteiger partial charge in [0, 0.05) is 76.9 Å². The van der Waals surface area contributed by atoms with Crippen molar-refractivity contribution in [2.75, 3.05) is 48.6 Å². The van der Waals surface area contributed by atoms with Crippen LogP contribution in [0.2, 0.25) is 0 Å². The first-order valence-electron chi connectivity index (χ1n) is 13.0. The Morgan fingerprint density at radius 2 is 1.91 bits per heavy atom. The molecule has 0 aromatic heterocycles. The van der Waals surface area contributed by atoms with Gasteiger partial charge in [0.1, 0.15) is 17.3 Å². The van der Waals surface area contributed by atoms with E-state index in [1.807, 2.05) is 0 Å². The molecule has 0 unspecified atom stereocenters. The summed E-state index contributed by atoms with van der Waals surface area (Å²) in [5.41, 5.74) is -3.41. The van der Waals surface area contributed by atoms with Crippen LogP contribution in [0.1, 0.15) is 32.6 Å². The van der Waals surface area contributed by atoms with E-state index in [0.717, 1.165) is 19.4 Å². The molecule has 1 spiro atoms. The summed E-state index contributed by atoms with van der Waals surface area (Å²) >= 11 is 0. The van der Waals surface area contributed by atoms with Crippen LogP contribution in [0, 0.1) is 34.5 Å². The summed E-state index contributed by atoms with van der Waals surface area (Å²) in [7, 11) is 8.79. The fourth-order valence-electron chi connectivity index (χ4n) is 11.3. The van der Waals surface area contributed by atoms with Gasteiger partial charge in [-0.2, -0.15) is 0 Å². The van der Waals surface area contributed by atoms with Crippen LogP contribution in [0.5, 0.6) is 0 Å². The van der Waals surface area contributed by atoms with Crippen LogP contribution in [0.15, 0.2) is 0 Å². The van der Waals surface area contributed by atoms with Crippen LogP contribution in [0.4, 0.5) is 0 Å². The molecule has 35 heavy (non-hydrogen) atoms. The summed E-state index contributed by atoms with van der Waals surface area (Å²) in [6, 6.07) is -0.362. The van der Waals surface area contributed by atoms with Crippen molar-refractivity contribution < 1.29 is 38.7 Å². The number of carbonyl (C=O) groups excluding carboxylic acids is 1. The Labute approximate surface area is 207 Å². The molecule has 9 nitrogen and oxygen atoms in total. The highest BCUT2D eigenvalue weighted by molar-refractivity contribution is 5.66. The summed E-state index contributed by atoms with van der Waals surface area (Å²) in [6.07, 6.45) is 0.808. The number of ether oxygens (including phenoxy) is 5. The fourth-order valence-corrected chi connectivity index (χ4v) is 11.3. The molecule has 1 aliphatic heterocycles. The number of likely N-dealkylation sites (tertiary alicyclic amines) is 1. The molecule has 1 heterocycles. The number of esters is 1. The molecule has 2 N–H and O–H groups in total. The van der Waals surface area contributed by atoms with Gasteiger partial charge in [-0.25, -0.2) is 0 Å². The first-order chi connectivity index (χ1) is 16.6. The normalized spacial score (nSPS) is 57.9. The van der Waals surface area contributed by atoms with Crippen molar-refractivity contribution in [1.29, 1.82) is 0 Å². The van der Waals surface area contributed by atoms with Crippen molar-refractivity contribution in [3.05, 3.63) is 0 Å². The molecular formula is C26H41NO8. The van der Waals surface area contributed by atoms with Crippen LogP contribution < -0.4 is 0 Å². The van der Waals surface area contributed by atoms with Gasteiger partial charge < -0.3 is 33.9 Å². The zero-order valence-electron chi connectivity index (χ0n) is 21.7. The number of nitrogens with zero attached hydrogens (tertiary/aromatic N) is 1. The van der Waals surface area contributed by atoms with E-state index in [4.69, 9.17) is 23.7 Å². The second-order valence-electron chi connectivity index (χ2n) is 12.3. The van der Waals surface area contributed by atoms with Crippen LogP contribution in [0.3, 0.4) is 0 Å². The van der Waals surface area contributed by atoms with E-state index in [-0.39, 0.29) is 47.2 Å². The molecule has 6 fully saturated rings. The van der Waals surface area contributed by atoms with Crippen molar-refractivity contribution in [1.82, 2.24) is 4.90 Å². The zero-order valence-corrected chi connectivity index (χ0v) is 21.7. The van der Waals surface area contributed by atoms with Gasteiger partial charge in [0.05, 0.1) is 31.0 Å². The molecular weight excluding hydrogens is 454 g/mol. The number of fused-ring (bicyclic) bond motifs is 2. The molecule has 0 radical (unpaired) electrons. The molecule has 0 aromatic rings. The van der Waals surface area contributed by atoms with E-state index < -0.39 is 34.9 Å². The summed E-state index contributed by atoms with van der Waals surface area (Å²) in [6.45, 7) is 2.73. The van der Waals surface area contributed by atoms with Crippen molar-refractivity contribution in [2.45, 2.75) is 74.3 Å². The minimum absolute atomic E-state index is 0.0162. The number of carbonyl (C=O) groups is 1. The number of piperidine rings is 1. The monoisotopic (exact) mass is 495 g/mol. The summed E-state index contributed by atoms with van der Waals surface area (Å²) in [5, 5.41) is 25.2. The second-order valence-corrected chi connectivity index (χ2v) is 12.3. The molecule has 1 saturated heterocycles. The summed E-state index contributed by atoms with van der Waals surface area (Å²) in [5.74, 6) is -0.770.